The lowest BCUT2D eigenvalue weighted by Crippen LogP contribution is -2.43. The van der Waals surface area contributed by atoms with Gasteiger partial charge in [0.1, 0.15) is 18.0 Å². The molecule has 0 amide bonds. The van der Waals surface area contributed by atoms with Crippen LogP contribution in [-0.2, 0) is 4.74 Å². The maximum absolute atomic E-state index is 10.6. The third-order valence-electron chi connectivity index (χ3n) is 4.34. The molecule has 3 rings (SSSR count). The molecule has 0 spiro atoms. The topological polar surface area (TPSA) is 97.8 Å². The maximum atomic E-state index is 10.6. The van der Waals surface area contributed by atoms with Gasteiger partial charge < -0.3 is 25.4 Å². The third kappa shape index (κ3) is 3.30. The van der Waals surface area contributed by atoms with Gasteiger partial charge in [0, 0.05) is 11.4 Å². The summed E-state index contributed by atoms with van der Waals surface area (Å²) in [7, 11) is 1.57. The molecular formula is C17H22N2O4. The average Bonchev–Trinajstić information content (AvgIpc) is 2.60. The molecular weight excluding hydrogens is 296 g/mol. The van der Waals surface area contributed by atoms with Crippen molar-refractivity contribution in [2.75, 3.05) is 13.7 Å². The molecule has 1 aliphatic heterocycles. The fourth-order valence-electron chi connectivity index (χ4n) is 2.97. The smallest absolute Gasteiger partial charge is 0.137 e. The molecule has 4 N–H and O–H groups in total. The second-order valence-electron chi connectivity index (χ2n) is 5.93. The van der Waals surface area contributed by atoms with E-state index in [1.165, 1.54) is 0 Å². The fraction of sp³-hybridized carbons (Fsp3) is 0.471. The zero-order chi connectivity index (χ0) is 16.4. The number of hydrogen-bond donors (Lipinski definition) is 3. The van der Waals surface area contributed by atoms with Crippen LogP contribution in [0.5, 0.6) is 5.75 Å². The summed E-state index contributed by atoms with van der Waals surface area (Å²) in [6.45, 7) is 0.402. The summed E-state index contributed by atoms with van der Waals surface area (Å²) in [5.41, 5.74) is 7.15. The molecule has 4 atom stereocenters. The number of ether oxygens (including phenoxy) is 2. The molecule has 6 heteroatoms. The van der Waals surface area contributed by atoms with Gasteiger partial charge in [0.15, 0.2) is 0 Å². The first-order valence-electron chi connectivity index (χ1n) is 7.76. The van der Waals surface area contributed by atoms with Crippen LogP contribution in [-0.4, -0.2) is 47.2 Å². The van der Waals surface area contributed by atoms with Crippen LogP contribution in [0.3, 0.4) is 0 Å². The zero-order valence-corrected chi connectivity index (χ0v) is 13.1. The summed E-state index contributed by atoms with van der Waals surface area (Å²) in [6.07, 6.45) is 0.538. The number of aliphatic hydroxyl groups is 2. The molecule has 0 saturated carbocycles. The van der Waals surface area contributed by atoms with Gasteiger partial charge >= 0.3 is 0 Å². The highest BCUT2D eigenvalue weighted by molar-refractivity contribution is 5.83. The van der Waals surface area contributed by atoms with E-state index < -0.39 is 18.3 Å². The minimum atomic E-state index is -1.06. The summed E-state index contributed by atoms with van der Waals surface area (Å²) in [5, 5.41) is 21.9. The van der Waals surface area contributed by atoms with Gasteiger partial charge in [-0.3, -0.25) is 4.98 Å². The van der Waals surface area contributed by atoms with Crippen molar-refractivity contribution in [3.63, 3.8) is 0 Å². The van der Waals surface area contributed by atoms with E-state index in [1.54, 1.807) is 19.4 Å². The predicted molar refractivity (Wildman–Crippen MR) is 86.2 cm³/mol. The summed E-state index contributed by atoms with van der Waals surface area (Å²) in [6, 6.07) is 7.26. The monoisotopic (exact) mass is 318 g/mol. The summed E-state index contributed by atoms with van der Waals surface area (Å²) >= 11 is 0. The molecule has 1 aromatic heterocycles. The lowest BCUT2D eigenvalue weighted by molar-refractivity contribution is -0.111. The van der Waals surface area contributed by atoms with Crippen LogP contribution in [0.2, 0.25) is 0 Å². The van der Waals surface area contributed by atoms with Crippen LogP contribution in [0.4, 0.5) is 0 Å². The third-order valence-corrected chi connectivity index (χ3v) is 4.34. The van der Waals surface area contributed by atoms with Gasteiger partial charge in [0.25, 0.3) is 0 Å². The van der Waals surface area contributed by atoms with Crippen molar-refractivity contribution in [1.29, 1.82) is 0 Å². The first-order valence-corrected chi connectivity index (χ1v) is 7.76. The molecule has 124 valence electrons. The lowest BCUT2D eigenvalue weighted by Gasteiger charge is -2.32. The normalized spacial score (nSPS) is 24.3. The molecule has 0 aliphatic carbocycles. The quantitative estimate of drug-likeness (QED) is 0.782. The first-order chi connectivity index (χ1) is 11.1. The predicted octanol–water partition coefficient (Wildman–Crippen LogP) is 1.14. The van der Waals surface area contributed by atoms with E-state index in [0.717, 1.165) is 17.3 Å². The van der Waals surface area contributed by atoms with Crippen molar-refractivity contribution >= 4 is 10.9 Å². The summed E-state index contributed by atoms with van der Waals surface area (Å²) < 4.78 is 10.8. The Kier molecular flexibility index (Phi) is 4.77. The van der Waals surface area contributed by atoms with Crippen LogP contribution in [0.15, 0.2) is 30.5 Å². The van der Waals surface area contributed by atoms with Crippen LogP contribution in [0.1, 0.15) is 24.5 Å². The van der Waals surface area contributed by atoms with Crippen molar-refractivity contribution in [2.45, 2.75) is 37.2 Å². The molecule has 1 saturated heterocycles. The summed E-state index contributed by atoms with van der Waals surface area (Å²) in [5.74, 6) is 0.603. The molecule has 2 unspecified atom stereocenters. The van der Waals surface area contributed by atoms with E-state index in [-0.39, 0.29) is 6.04 Å². The van der Waals surface area contributed by atoms with Crippen molar-refractivity contribution in [3.8, 4) is 5.75 Å². The Labute approximate surface area is 134 Å². The van der Waals surface area contributed by atoms with Gasteiger partial charge in [-0.15, -0.1) is 0 Å². The van der Waals surface area contributed by atoms with Gasteiger partial charge in [-0.2, -0.15) is 0 Å². The maximum Gasteiger partial charge on any atom is 0.137 e. The zero-order valence-electron chi connectivity index (χ0n) is 13.1. The molecule has 6 nitrogen and oxygen atoms in total. The second-order valence-corrected chi connectivity index (χ2v) is 5.93. The first kappa shape index (κ1) is 16.1. The molecule has 1 aliphatic rings. The minimum Gasteiger partial charge on any atom is -0.495 e. The van der Waals surface area contributed by atoms with Crippen LogP contribution < -0.4 is 10.5 Å². The van der Waals surface area contributed by atoms with E-state index in [4.69, 9.17) is 15.2 Å². The highest BCUT2D eigenvalue weighted by Crippen LogP contribution is 2.31. The number of rotatable bonds is 4. The van der Waals surface area contributed by atoms with Gasteiger partial charge in [-0.05, 0) is 30.5 Å². The Morgan fingerprint density at radius 2 is 2.17 bits per heavy atom. The summed E-state index contributed by atoms with van der Waals surface area (Å²) in [4.78, 5) is 4.31. The number of methoxy groups -OCH3 is 1. The van der Waals surface area contributed by atoms with E-state index in [2.05, 4.69) is 4.98 Å². The molecule has 1 aromatic carbocycles. The highest BCUT2D eigenvalue weighted by Gasteiger charge is 2.32. The number of fused-ring (bicyclic) bond motifs is 1. The van der Waals surface area contributed by atoms with Gasteiger partial charge in [-0.25, -0.2) is 0 Å². The lowest BCUT2D eigenvalue weighted by atomic mass is 9.93. The van der Waals surface area contributed by atoms with E-state index >= 15 is 0 Å². The Morgan fingerprint density at radius 1 is 1.35 bits per heavy atom. The molecule has 0 bridgehead atoms. The Bertz CT molecular complexity index is 671. The SMILES string of the molecule is COc1cnc2cccc(C(O)C(O)[C@@H]3CC[C@@H](N)CO3)c2c1. The molecule has 2 aromatic rings. The molecule has 1 fully saturated rings. The van der Waals surface area contributed by atoms with Crippen LogP contribution in [0, 0.1) is 0 Å². The molecule has 2 heterocycles. The van der Waals surface area contributed by atoms with Crippen molar-refractivity contribution < 1.29 is 19.7 Å². The van der Waals surface area contributed by atoms with Gasteiger partial charge in [0.05, 0.1) is 31.5 Å². The van der Waals surface area contributed by atoms with Crippen molar-refractivity contribution in [3.05, 3.63) is 36.0 Å². The van der Waals surface area contributed by atoms with E-state index in [1.807, 2.05) is 18.2 Å². The van der Waals surface area contributed by atoms with Gasteiger partial charge in [-0.1, -0.05) is 12.1 Å². The van der Waals surface area contributed by atoms with E-state index in [9.17, 15) is 10.2 Å². The Hall–Kier alpha value is -1.73. The fourth-order valence-corrected chi connectivity index (χ4v) is 2.97. The average molecular weight is 318 g/mol. The van der Waals surface area contributed by atoms with Gasteiger partial charge in [0.2, 0.25) is 0 Å². The van der Waals surface area contributed by atoms with Crippen LogP contribution in [0.25, 0.3) is 10.9 Å². The minimum absolute atomic E-state index is 0.00149. The van der Waals surface area contributed by atoms with Crippen molar-refractivity contribution in [2.24, 2.45) is 5.73 Å². The standard InChI is InChI=1S/C17H22N2O4/c1-22-11-7-13-12(3-2-4-14(13)19-8-11)16(20)17(21)15-6-5-10(18)9-23-15/h2-4,7-8,10,15-17,20-21H,5-6,9,18H2,1H3/t10-,15+,16?,17?/m1/s1. The van der Waals surface area contributed by atoms with Crippen LogP contribution >= 0.6 is 0 Å². The second kappa shape index (κ2) is 6.80. The number of nitrogens with zero attached hydrogens (tertiary/aromatic N) is 1. The Morgan fingerprint density at radius 3 is 2.87 bits per heavy atom. The molecule has 0 radical (unpaired) electrons. The Balaban J connectivity index is 1.89. The van der Waals surface area contributed by atoms with E-state index in [0.29, 0.717) is 24.3 Å². The number of aromatic nitrogens is 1. The largest absolute Gasteiger partial charge is 0.495 e. The highest BCUT2D eigenvalue weighted by atomic mass is 16.5. The number of hydrogen-bond acceptors (Lipinski definition) is 6. The number of pyridine rings is 1. The number of nitrogens with two attached hydrogens (primary N) is 1. The number of aliphatic hydroxyl groups excluding tert-OH is 2. The molecule has 23 heavy (non-hydrogen) atoms. The van der Waals surface area contributed by atoms with Crippen molar-refractivity contribution in [1.82, 2.24) is 4.98 Å². The number of benzene rings is 1.